The van der Waals surface area contributed by atoms with E-state index in [-0.39, 0.29) is 101 Å². The normalized spacial score (nSPS) is 25.0. The van der Waals surface area contributed by atoms with E-state index in [0.29, 0.717) is 81.5 Å². The summed E-state index contributed by atoms with van der Waals surface area (Å²) in [6.45, 7) is 15.8. The Balaban J connectivity index is 0.000000241. The lowest BCUT2D eigenvalue weighted by molar-refractivity contribution is -0.183. The third-order valence-corrected chi connectivity index (χ3v) is 30.1. The fourth-order valence-electron chi connectivity index (χ4n) is 20.2. The number of fused-ring (bicyclic) bond motifs is 4. The van der Waals surface area contributed by atoms with Crippen LogP contribution >= 0.6 is 0 Å². The number of hydroxylamine groups is 4. The lowest BCUT2D eigenvalue weighted by atomic mass is 9.45. The van der Waals surface area contributed by atoms with Crippen LogP contribution in [0.25, 0.3) is 22.3 Å². The van der Waals surface area contributed by atoms with Crippen LogP contribution in [0.5, 0.6) is 11.5 Å². The predicted molar refractivity (Wildman–Crippen MR) is 485 cm³/mol. The number of rotatable bonds is 36. The number of aliphatic hydroxyl groups excluding tert-OH is 4. The van der Waals surface area contributed by atoms with Crippen molar-refractivity contribution in [3.63, 3.8) is 0 Å². The number of para-hydroxylation sites is 2. The maximum absolute atomic E-state index is 14.4. The number of carbonyl (C=O) groups excluding carboxylic acids is 3. The number of amides is 3. The van der Waals surface area contributed by atoms with E-state index in [4.69, 9.17) is 24.9 Å². The first-order chi connectivity index (χ1) is 60.9. The molecule has 14 rings (SSSR count). The van der Waals surface area contributed by atoms with Crippen LogP contribution in [0.15, 0.2) is 133 Å². The second-order valence-corrected chi connectivity index (χ2v) is 41.5. The molecule has 2 saturated heterocycles. The number of alkyl halides is 6. The van der Waals surface area contributed by atoms with Crippen molar-refractivity contribution in [3.05, 3.63) is 167 Å². The summed E-state index contributed by atoms with van der Waals surface area (Å²) >= 11 is 0. The molecule has 28 nitrogen and oxygen atoms in total. The minimum atomic E-state index is -5.59. The fourth-order valence-corrected chi connectivity index (χ4v) is 21.4. The molecule has 6 saturated carbocycles. The highest BCUT2D eigenvalue weighted by atomic mass is 32.2. The molecule has 2 aliphatic heterocycles. The summed E-state index contributed by atoms with van der Waals surface area (Å²) in [5.41, 5.74) is 1.27. The number of methoxy groups -OCH3 is 2. The van der Waals surface area contributed by atoms with Gasteiger partial charge in [0.2, 0.25) is 21.7 Å². The summed E-state index contributed by atoms with van der Waals surface area (Å²) in [4.78, 5) is 74.1. The van der Waals surface area contributed by atoms with Gasteiger partial charge >= 0.3 is 27.0 Å². The number of nitrogens with one attached hydrogen (secondary N) is 4. The van der Waals surface area contributed by atoms with Crippen molar-refractivity contribution in [1.29, 1.82) is 0 Å². The van der Waals surface area contributed by atoms with Crippen molar-refractivity contribution in [2.45, 2.75) is 179 Å². The van der Waals surface area contributed by atoms with Crippen LogP contribution in [0.3, 0.4) is 0 Å². The van der Waals surface area contributed by atoms with Gasteiger partial charge in [0, 0.05) is 122 Å². The number of anilines is 2. The van der Waals surface area contributed by atoms with Crippen molar-refractivity contribution in [1.82, 2.24) is 40.6 Å². The number of nitrogens with zero attached hydrogens (tertiary/aromatic N) is 6. The van der Waals surface area contributed by atoms with E-state index in [1.54, 1.807) is 85.1 Å². The van der Waals surface area contributed by atoms with Crippen LogP contribution in [0.2, 0.25) is 0 Å². The lowest BCUT2D eigenvalue weighted by Gasteiger charge is -2.62. The Kier molecular flexibility index (Phi) is 34.4. The number of ether oxygens (including phenoxy) is 2. The van der Waals surface area contributed by atoms with E-state index in [1.807, 2.05) is 69.5 Å². The Morgan fingerprint density at radius 2 is 1.00 bits per heavy atom. The second-order valence-electron chi connectivity index (χ2n) is 37.6. The first kappa shape index (κ1) is 103. The predicted octanol–water partition coefficient (Wildman–Crippen LogP) is 10.0. The summed E-state index contributed by atoms with van der Waals surface area (Å²) in [6, 6.07) is 37.5. The van der Waals surface area contributed by atoms with Gasteiger partial charge < -0.3 is 76.3 Å². The number of sulfone groups is 1. The number of aromatic carboxylic acids is 1. The Hall–Kier alpha value is -8.60. The molecule has 0 spiro atoms. The third kappa shape index (κ3) is 24.3. The average molecular weight is 1870 g/mol. The molecule has 2 heterocycles. The van der Waals surface area contributed by atoms with Gasteiger partial charge in [-0.25, -0.2) is 26.4 Å². The van der Waals surface area contributed by atoms with Gasteiger partial charge in [0.15, 0.2) is 0 Å². The van der Waals surface area contributed by atoms with E-state index in [0.717, 1.165) is 44.2 Å². The monoisotopic (exact) mass is 1860 g/mol. The van der Waals surface area contributed by atoms with E-state index in [2.05, 4.69) is 86.7 Å². The van der Waals surface area contributed by atoms with Crippen LogP contribution in [0.1, 0.15) is 124 Å². The van der Waals surface area contributed by atoms with Gasteiger partial charge in [0.25, 0.3) is 5.91 Å². The van der Waals surface area contributed by atoms with E-state index >= 15 is 0 Å². The number of likely N-dealkylation sites (N-methyl/N-ethyl adjacent to an activating group) is 3. The molecule has 3 amide bonds. The zero-order valence-corrected chi connectivity index (χ0v) is 78.5. The lowest BCUT2D eigenvalue weighted by Crippen LogP contribution is -2.62. The van der Waals surface area contributed by atoms with Crippen molar-refractivity contribution >= 4 is 54.9 Å². The van der Waals surface area contributed by atoms with Crippen LogP contribution in [-0.2, 0) is 65.1 Å². The molecule has 36 heteroatoms. The zero-order valence-electron chi connectivity index (χ0n) is 76.9. The average Bonchev–Trinajstić information content (AvgIpc) is 0.901. The number of carbonyl (C=O) groups is 4. The minimum absolute atomic E-state index is 0.00527. The number of aliphatic hydroxyl groups is 4. The largest absolute Gasteiger partial charge is 0.511 e. The molecule has 18 atom stereocenters. The van der Waals surface area contributed by atoms with Crippen LogP contribution in [0.4, 0.5) is 37.7 Å². The molecule has 0 aromatic heterocycles. The number of nitrogens with two attached hydrogens (primary N) is 1. The molecule has 130 heavy (non-hydrogen) atoms. The standard InChI is InChI=1S/C47H65F3N6O8S.C36H48F3N3O9S.C11H18N2/c1-28-38-23-34(46(38,3)4)24-39(28)53-45(60)42-41(29(2)58)40(27-57)64-56(42)25-31-15-12-16-37(43(31)63-8)32-20-33(22-36(21-32)55(7)18-17-51-65(61,62)47(48,49)50)44(59)52-35(26-54(5)6)19-30-13-10-9-11-14-30;1-19-27-15-24(35(27,3)4)16-28(19)40-33(45)31-30(20(2)44)29(18-43)51-42(31)17-21-8-7-9-26(32(21)50-6)22-12-23(34(46)47)14-25(13-22)41(5)10-11-52(48,49)36(37,38)39;1-13(2)9-11(12)8-10-6-4-3-5-7-10/h9-16,20-22,28-29,34-35,38-42,51,57-58H,17-19,23-27H2,1-8H3,(H,52,59)(H,53,60);7-9,12-14,19-20,24,27-31,43-44H,10-11,15-18H2,1-6H3,(H,40,45)(H,46,47);3-7,11H,8-9,12H2,1-2H3/t28-,29-,34?,35-,38-,39-,40-,41+,42-;19-,20-,24+,27-,28-,29-,30?,31-;11-/m001/s1. The summed E-state index contributed by atoms with van der Waals surface area (Å²) in [5.74, 6) is -2.03. The quantitative estimate of drug-likeness (QED) is 0.0163. The van der Waals surface area contributed by atoms with Gasteiger partial charge in [-0.3, -0.25) is 24.1 Å². The molecule has 6 aromatic rings. The van der Waals surface area contributed by atoms with Crippen molar-refractivity contribution in [2.24, 2.45) is 63.9 Å². The Labute approximate surface area is 759 Å². The maximum atomic E-state index is 14.4. The highest BCUT2D eigenvalue weighted by molar-refractivity contribution is 7.92. The maximum Gasteiger partial charge on any atom is 0.511 e. The molecular formula is C94H131F6N11O17S2. The number of benzene rings is 6. The number of sulfonamides is 1. The topological polar surface area (TPSA) is 368 Å². The highest BCUT2D eigenvalue weighted by Gasteiger charge is 2.60. The van der Waals surface area contributed by atoms with E-state index < -0.39 is 123 Å². The third-order valence-electron chi connectivity index (χ3n) is 27.5. The molecule has 8 aliphatic rings. The molecule has 6 aliphatic carbocycles. The van der Waals surface area contributed by atoms with Crippen LogP contribution in [-0.4, -0.2) is 266 Å². The van der Waals surface area contributed by atoms with Gasteiger partial charge in [-0.15, -0.1) is 0 Å². The van der Waals surface area contributed by atoms with Gasteiger partial charge in [-0.05, 0) is 186 Å². The molecule has 718 valence electrons. The smallest absolute Gasteiger partial charge is 0.496 e. The molecule has 6 aromatic carbocycles. The van der Waals surface area contributed by atoms with Crippen molar-refractivity contribution in [3.8, 4) is 33.8 Å². The first-order valence-corrected chi connectivity index (χ1v) is 47.2. The molecular weight excluding hydrogens is 1730 g/mol. The van der Waals surface area contributed by atoms with Crippen molar-refractivity contribution < 1.29 is 107 Å². The number of hydrogen-bond acceptors (Lipinski definition) is 23. The first-order valence-electron chi connectivity index (χ1n) is 44.1. The van der Waals surface area contributed by atoms with Crippen LogP contribution in [0, 0.1) is 58.2 Å². The zero-order chi connectivity index (χ0) is 95.8. The summed E-state index contributed by atoms with van der Waals surface area (Å²) in [7, 11) is 2.71. The van der Waals surface area contributed by atoms with Gasteiger partial charge in [-0.2, -0.15) is 36.5 Å². The highest BCUT2D eigenvalue weighted by Crippen LogP contribution is 2.62. The Morgan fingerprint density at radius 1 is 0.577 bits per heavy atom. The SMILES string of the molecule is CN(C)C[C@H](N)Cc1ccccc1.COc1c(CN2O[C@@H](CO)C([C@H](C)O)[C@H]2C(=O)N[C@H]2C[C@H]3C[C@@H]([C@@H]2C)C3(C)C)cccc1-c1cc(C(=O)O)cc(N(C)CCS(=O)(=O)C(F)(F)F)c1.COc1c(CN2O[C@@H](CO)[C@@H]([C@H](C)O)[C@H]2C(=O)N[C@H]2CC3C[C@@H]([C@@H]2C)C3(C)C)cccc1-c1cc(C(=O)N[C@@H](Cc2ccccc2)CN(C)C)cc(N(C)CCNS(=O)(=O)C(F)(F)F)c1. The van der Waals surface area contributed by atoms with E-state index in [1.165, 1.54) is 60.1 Å². The fraction of sp³-hybridized carbons (Fsp3) is 0.574. The Morgan fingerprint density at radius 3 is 1.38 bits per heavy atom. The summed E-state index contributed by atoms with van der Waals surface area (Å²) in [5, 5.41) is 65.0. The second kappa shape index (κ2) is 43.2. The minimum Gasteiger partial charge on any atom is -0.496 e. The van der Waals surface area contributed by atoms with Gasteiger partial charge in [0.1, 0.15) is 35.8 Å². The number of carboxylic acids is 1. The van der Waals surface area contributed by atoms with E-state index in [9.17, 15) is 87.9 Å². The van der Waals surface area contributed by atoms with Gasteiger partial charge in [0.05, 0.1) is 64.0 Å². The molecule has 4 bridgehead atoms. The van der Waals surface area contributed by atoms with Crippen LogP contribution < -0.4 is 45.7 Å². The Bertz CT molecular complexity index is 5080. The van der Waals surface area contributed by atoms with Gasteiger partial charge in [-0.1, -0.05) is 139 Å². The molecule has 11 N–H and O–H groups in total. The van der Waals surface area contributed by atoms with Crippen molar-refractivity contribution in [2.75, 3.05) is 118 Å². The number of carboxylic acid groups (broad SMARTS) is 1. The molecule has 0 radical (unpaired) electrons. The number of halogens is 6. The summed E-state index contributed by atoms with van der Waals surface area (Å²) in [6.07, 6.45) is 1.68. The molecule has 8 fully saturated rings. The molecule has 2 unspecified atom stereocenters. The summed E-state index contributed by atoms with van der Waals surface area (Å²) < 4.78 is 139. The number of hydrogen-bond donors (Lipinski definition) is 10.